The van der Waals surface area contributed by atoms with E-state index in [1.807, 2.05) is 0 Å². The van der Waals surface area contributed by atoms with Crippen molar-refractivity contribution in [1.29, 1.82) is 0 Å². The van der Waals surface area contributed by atoms with Gasteiger partial charge in [0.1, 0.15) is 0 Å². The highest BCUT2D eigenvalue weighted by molar-refractivity contribution is 4.33. The largest absolute Gasteiger partial charge is 0.382 e. The van der Waals surface area contributed by atoms with Gasteiger partial charge in [0, 0.05) is 20.8 Å². The fraction of sp³-hybridized carbons (Fsp3) is 1.00. The molecule has 0 fully saturated rings. The minimum Gasteiger partial charge on any atom is -0.382 e. The third-order valence-corrected chi connectivity index (χ3v) is 1.27. The molecule has 0 radical (unpaired) electrons. The minimum absolute atomic E-state index is 0.550. The lowest BCUT2D eigenvalue weighted by Crippen LogP contribution is -2.22. The molecule has 0 saturated carbocycles. The van der Waals surface area contributed by atoms with Crippen molar-refractivity contribution < 1.29 is 19.0 Å². The quantitative estimate of drug-likeness (QED) is 0.385. The first kappa shape index (κ1) is 12.8. The van der Waals surface area contributed by atoms with Gasteiger partial charge in [-0.25, -0.2) is 5.48 Å². The molecule has 0 aliphatic heterocycles. The Hall–Kier alpha value is -0.200. The molecule has 1 N–H and O–H groups in total. The Bertz CT molecular complexity index is 82.2. The third kappa shape index (κ3) is 11.8. The van der Waals surface area contributed by atoms with Gasteiger partial charge in [0.2, 0.25) is 0 Å². The molecule has 0 unspecified atom stereocenters. The lowest BCUT2D eigenvalue weighted by Gasteiger charge is -2.05. The lowest BCUT2D eigenvalue weighted by molar-refractivity contribution is -0.00943. The molecule has 80 valence electrons. The van der Waals surface area contributed by atoms with E-state index in [0.29, 0.717) is 39.6 Å². The van der Waals surface area contributed by atoms with Gasteiger partial charge >= 0.3 is 0 Å². The molecule has 0 amide bonds. The molecule has 0 saturated heterocycles. The second-order valence-electron chi connectivity index (χ2n) is 2.34. The lowest BCUT2D eigenvalue weighted by atomic mass is 10.7. The van der Waals surface area contributed by atoms with Crippen molar-refractivity contribution in [2.45, 2.75) is 0 Å². The second kappa shape index (κ2) is 11.8. The summed E-state index contributed by atoms with van der Waals surface area (Å²) >= 11 is 0. The number of hydroxylamine groups is 1. The summed E-state index contributed by atoms with van der Waals surface area (Å²) in [5.74, 6) is 0. The maximum atomic E-state index is 5.18. The highest BCUT2D eigenvalue weighted by Crippen LogP contribution is 1.75. The van der Waals surface area contributed by atoms with Gasteiger partial charge in [-0.1, -0.05) is 0 Å². The number of hydrogen-bond acceptors (Lipinski definition) is 5. The second-order valence-corrected chi connectivity index (χ2v) is 2.34. The van der Waals surface area contributed by atoms with Crippen molar-refractivity contribution in [1.82, 2.24) is 5.48 Å². The number of ether oxygens (including phenoxy) is 3. The van der Waals surface area contributed by atoms with Crippen molar-refractivity contribution in [2.75, 3.05) is 53.8 Å². The van der Waals surface area contributed by atoms with E-state index in [4.69, 9.17) is 19.0 Å². The van der Waals surface area contributed by atoms with Gasteiger partial charge in [0.05, 0.1) is 33.0 Å². The van der Waals surface area contributed by atoms with Gasteiger partial charge in [-0.15, -0.1) is 0 Å². The average molecular weight is 193 g/mol. The Kier molecular flexibility index (Phi) is 11.6. The number of rotatable bonds is 10. The van der Waals surface area contributed by atoms with E-state index in [1.54, 1.807) is 14.2 Å². The highest BCUT2D eigenvalue weighted by Gasteiger charge is 1.88. The zero-order chi connectivity index (χ0) is 9.78. The highest BCUT2D eigenvalue weighted by atomic mass is 16.7. The minimum atomic E-state index is 0.550. The maximum Gasteiger partial charge on any atom is 0.0915 e. The average Bonchev–Trinajstić information content (AvgIpc) is 2.16. The van der Waals surface area contributed by atoms with Crippen LogP contribution >= 0.6 is 0 Å². The molecule has 0 aromatic rings. The smallest absolute Gasteiger partial charge is 0.0915 e. The molecule has 0 aromatic heterocycles. The fourth-order valence-electron chi connectivity index (χ4n) is 0.627. The van der Waals surface area contributed by atoms with Crippen LogP contribution in [0.15, 0.2) is 0 Å². The van der Waals surface area contributed by atoms with Crippen LogP contribution in [-0.2, 0) is 19.0 Å². The zero-order valence-corrected chi connectivity index (χ0v) is 8.38. The molecule has 5 nitrogen and oxygen atoms in total. The SMILES string of the molecule is COCCOCCNOCCOC. The van der Waals surface area contributed by atoms with Crippen LogP contribution in [0.2, 0.25) is 0 Å². The van der Waals surface area contributed by atoms with Crippen molar-refractivity contribution in [2.24, 2.45) is 0 Å². The van der Waals surface area contributed by atoms with E-state index in [-0.39, 0.29) is 0 Å². The van der Waals surface area contributed by atoms with Crippen LogP contribution in [0.1, 0.15) is 0 Å². The normalized spacial score (nSPS) is 10.6. The summed E-state index contributed by atoms with van der Waals surface area (Å²) in [7, 11) is 3.28. The van der Waals surface area contributed by atoms with Gasteiger partial charge in [-0.05, 0) is 0 Å². The van der Waals surface area contributed by atoms with Gasteiger partial charge in [0.15, 0.2) is 0 Å². The molecule has 0 heterocycles. The van der Waals surface area contributed by atoms with Gasteiger partial charge < -0.3 is 14.2 Å². The van der Waals surface area contributed by atoms with Crippen LogP contribution in [0, 0.1) is 0 Å². The van der Waals surface area contributed by atoms with E-state index in [0.717, 1.165) is 0 Å². The van der Waals surface area contributed by atoms with E-state index < -0.39 is 0 Å². The summed E-state index contributed by atoms with van der Waals surface area (Å²) in [6.07, 6.45) is 0. The molecule has 0 aliphatic carbocycles. The molecule has 0 rings (SSSR count). The topological polar surface area (TPSA) is 49.0 Å². The van der Waals surface area contributed by atoms with Crippen molar-refractivity contribution in [3.05, 3.63) is 0 Å². The van der Waals surface area contributed by atoms with Crippen molar-refractivity contribution >= 4 is 0 Å². The Morgan fingerprint density at radius 2 is 1.54 bits per heavy atom. The number of hydrogen-bond donors (Lipinski definition) is 1. The first-order chi connectivity index (χ1) is 6.41. The van der Waals surface area contributed by atoms with Crippen LogP contribution in [0.3, 0.4) is 0 Å². The molecule has 0 atom stereocenters. The third-order valence-electron chi connectivity index (χ3n) is 1.27. The molecule has 5 heteroatoms. The number of methoxy groups -OCH3 is 2. The van der Waals surface area contributed by atoms with Crippen molar-refractivity contribution in [3.63, 3.8) is 0 Å². The summed E-state index contributed by atoms with van der Waals surface area (Å²) in [4.78, 5) is 4.99. The van der Waals surface area contributed by atoms with Gasteiger partial charge in [-0.3, -0.25) is 4.84 Å². The summed E-state index contributed by atoms with van der Waals surface area (Å²) < 4.78 is 14.8. The summed E-state index contributed by atoms with van der Waals surface area (Å²) in [6.45, 7) is 3.69. The standard InChI is InChI=1S/C8H19NO4/c1-10-5-7-12-4-3-9-13-8-6-11-2/h9H,3-8H2,1-2H3. The zero-order valence-electron chi connectivity index (χ0n) is 8.38. The number of nitrogens with one attached hydrogen (secondary N) is 1. The first-order valence-electron chi connectivity index (χ1n) is 4.32. The summed E-state index contributed by atoms with van der Waals surface area (Å²) in [5.41, 5.74) is 2.75. The Morgan fingerprint density at radius 3 is 2.23 bits per heavy atom. The molecular weight excluding hydrogens is 174 g/mol. The van der Waals surface area contributed by atoms with E-state index >= 15 is 0 Å². The van der Waals surface area contributed by atoms with Crippen LogP contribution in [-0.4, -0.2) is 53.8 Å². The summed E-state index contributed by atoms with van der Waals surface area (Å²) in [5, 5.41) is 0. The molecule has 0 bridgehead atoms. The molecule has 0 aliphatic rings. The first-order valence-corrected chi connectivity index (χ1v) is 4.32. The van der Waals surface area contributed by atoms with Crippen LogP contribution in [0.25, 0.3) is 0 Å². The molecule has 0 spiro atoms. The van der Waals surface area contributed by atoms with E-state index in [2.05, 4.69) is 5.48 Å². The summed E-state index contributed by atoms with van der Waals surface area (Å²) in [6, 6.07) is 0. The van der Waals surface area contributed by atoms with Gasteiger partial charge in [-0.2, -0.15) is 0 Å². The Balaban J connectivity index is 2.76. The Morgan fingerprint density at radius 1 is 0.846 bits per heavy atom. The fourth-order valence-corrected chi connectivity index (χ4v) is 0.627. The van der Waals surface area contributed by atoms with Crippen molar-refractivity contribution in [3.8, 4) is 0 Å². The molecular formula is C8H19NO4. The monoisotopic (exact) mass is 193 g/mol. The predicted molar refractivity (Wildman–Crippen MR) is 48.5 cm³/mol. The molecule has 0 aromatic carbocycles. The van der Waals surface area contributed by atoms with Crippen LogP contribution in [0.4, 0.5) is 0 Å². The van der Waals surface area contributed by atoms with Crippen LogP contribution < -0.4 is 5.48 Å². The van der Waals surface area contributed by atoms with E-state index in [1.165, 1.54) is 0 Å². The molecule has 13 heavy (non-hydrogen) atoms. The predicted octanol–water partition coefficient (Wildman–Crippen LogP) is -0.183. The van der Waals surface area contributed by atoms with Gasteiger partial charge in [0.25, 0.3) is 0 Å². The van der Waals surface area contributed by atoms with Crippen LogP contribution in [0.5, 0.6) is 0 Å². The maximum absolute atomic E-state index is 5.18. The van der Waals surface area contributed by atoms with E-state index in [9.17, 15) is 0 Å². The Labute approximate surface area is 79.3 Å².